The molecular weight excluding hydrogens is 311 g/mol. The zero-order valence-corrected chi connectivity index (χ0v) is 13.3. The molecule has 0 aromatic carbocycles. The predicted molar refractivity (Wildman–Crippen MR) is 84.9 cm³/mol. The molecule has 0 saturated carbocycles. The van der Waals surface area contributed by atoms with Gasteiger partial charge in [0.25, 0.3) is 0 Å². The van der Waals surface area contributed by atoms with Gasteiger partial charge in [0.15, 0.2) is 5.82 Å². The van der Waals surface area contributed by atoms with Crippen LogP contribution < -0.4 is 4.90 Å². The molecular formula is C17H19FN4O2. The minimum absolute atomic E-state index is 0.184. The molecule has 126 valence electrons. The van der Waals surface area contributed by atoms with E-state index in [1.165, 1.54) is 12.4 Å². The Hall–Kier alpha value is -2.12. The third-order valence-electron chi connectivity index (χ3n) is 4.53. The van der Waals surface area contributed by atoms with E-state index in [0.29, 0.717) is 32.3 Å². The Bertz CT molecular complexity index is 677. The molecule has 4 rings (SSSR count). The number of halogens is 1. The first-order valence-corrected chi connectivity index (χ1v) is 8.09. The van der Waals surface area contributed by atoms with Gasteiger partial charge in [0, 0.05) is 25.4 Å². The number of hydrogen-bond donors (Lipinski definition) is 0. The molecule has 0 unspecified atom stereocenters. The first-order valence-electron chi connectivity index (χ1n) is 8.09. The third-order valence-corrected chi connectivity index (χ3v) is 4.53. The molecule has 2 aromatic rings. The van der Waals surface area contributed by atoms with E-state index in [0.717, 1.165) is 18.4 Å². The van der Waals surface area contributed by atoms with E-state index < -0.39 is 5.82 Å². The van der Waals surface area contributed by atoms with Crippen molar-refractivity contribution in [2.75, 3.05) is 24.6 Å². The van der Waals surface area contributed by atoms with Gasteiger partial charge in [-0.15, -0.1) is 0 Å². The molecule has 1 spiro atoms. The second kappa shape index (κ2) is 6.41. The van der Waals surface area contributed by atoms with Gasteiger partial charge in [0.2, 0.25) is 5.95 Å². The van der Waals surface area contributed by atoms with Crippen molar-refractivity contribution in [3.8, 4) is 0 Å². The summed E-state index contributed by atoms with van der Waals surface area (Å²) >= 11 is 0. The van der Waals surface area contributed by atoms with Gasteiger partial charge in [0.05, 0.1) is 38.2 Å². The van der Waals surface area contributed by atoms with Crippen molar-refractivity contribution in [3.63, 3.8) is 0 Å². The summed E-state index contributed by atoms with van der Waals surface area (Å²) in [7, 11) is 0. The number of hydrogen-bond acceptors (Lipinski definition) is 6. The van der Waals surface area contributed by atoms with Gasteiger partial charge in [-0.3, -0.25) is 4.98 Å². The molecule has 2 aliphatic heterocycles. The normalized spacial score (nSPS) is 22.4. The van der Waals surface area contributed by atoms with Crippen molar-refractivity contribution in [1.82, 2.24) is 15.0 Å². The first kappa shape index (κ1) is 15.4. The summed E-state index contributed by atoms with van der Waals surface area (Å²) in [6, 6.07) is 3.93. The zero-order chi connectivity index (χ0) is 16.4. The Balaban J connectivity index is 1.32. The van der Waals surface area contributed by atoms with E-state index in [-0.39, 0.29) is 11.7 Å². The van der Waals surface area contributed by atoms with Crippen LogP contribution in [0.3, 0.4) is 0 Å². The smallest absolute Gasteiger partial charge is 0.225 e. The molecule has 7 heteroatoms. The molecule has 2 aromatic heterocycles. The van der Waals surface area contributed by atoms with Crippen molar-refractivity contribution in [1.29, 1.82) is 0 Å². The van der Waals surface area contributed by atoms with Crippen LogP contribution in [0.1, 0.15) is 18.4 Å². The standard InChI is InChI=1S/C17H19FN4O2/c18-14-8-20-16(21-9-14)22-11-17(12-22)7-15(3-6-24-17)23-10-13-1-4-19-5-2-13/h1-2,4-5,8-9,15H,3,6-7,10-12H2/t15-/m0/s1. The number of rotatable bonds is 4. The topological polar surface area (TPSA) is 60.4 Å². The quantitative estimate of drug-likeness (QED) is 0.854. The number of nitrogens with zero attached hydrogens (tertiary/aromatic N) is 4. The van der Waals surface area contributed by atoms with E-state index in [1.807, 2.05) is 17.0 Å². The lowest BCUT2D eigenvalue weighted by Crippen LogP contribution is -2.66. The number of anilines is 1. The van der Waals surface area contributed by atoms with Crippen LogP contribution in [-0.2, 0) is 16.1 Å². The number of aromatic nitrogens is 3. The molecule has 24 heavy (non-hydrogen) atoms. The minimum Gasteiger partial charge on any atom is -0.373 e. The average Bonchev–Trinajstić information content (AvgIpc) is 2.60. The van der Waals surface area contributed by atoms with Gasteiger partial charge in [0.1, 0.15) is 5.60 Å². The Morgan fingerprint density at radius 2 is 2.00 bits per heavy atom. The van der Waals surface area contributed by atoms with Crippen molar-refractivity contribution in [2.24, 2.45) is 0 Å². The summed E-state index contributed by atoms with van der Waals surface area (Å²) in [6.07, 6.45) is 7.87. The Morgan fingerprint density at radius 3 is 2.75 bits per heavy atom. The van der Waals surface area contributed by atoms with Gasteiger partial charge in [-0.2, -0.15) is 0 Å². The van der Waals surface area contributed by atoms with Gasteiger partial charge in [-0.05, 0) is 24.1 Å². The summed E-state index contributed by atoms with van der Waals surface area (Å²) < 4.78 is 25.0. The van der Waals surface area contributed by atoms with E-state index in [2.05, 4.69) is 15.0 Å². The maximum absolute atomic E-state index is 12.9. The lowest BCUT2D eigenvalue weighted by atomic mass is 9.85. The molecule has 0 radical (unpaired) electrons. The fraction of sp³-hybridized carbons (Fsp3) is 0.471. The largest absolute Gasteiger partial charge is 0.373 e. The van der Waals surface area contributed by atoms with Gasteiger partial charge in [-0.25, -0.2) is 14.4 Å². The van der Waals surface area contributed by atoms with Crippen LogP contribution >= 0.6 is 0 Å². The highest BCUT2D eigenvalue weighted by atomic mass is 19.1. The van der Waals surface area contributed by atoms with Gasteiger partial charge in [-0.1, -0.05) is 0 Å². The molecule has 0 amide bonds. The van der Waals surface area contributed by atoms with Crippen LogP contribution in [0.4, 0.5) is 10.3 Å². The molecule has 2 saturated heterocycles. The Labute approximate surface area is 139 Å². The molecule has 0 bridgehead atoms. The first-order chi connectivity index (χ1) is 11.7. The summed E-state index contributed by atoms with van der Waals surface area (Å²) in [5.41, 5.74) is 0.930. The van der Waals surface area contributed by atoms with Gasteiger partial charge >= 0.3 is 0 Å². The van der Waals surface area contributed by atoms with Crippen LogP contribution in [0.5, 0.6) is 0 Å². The molecule has 1 atom stereocenters. The fourth-order valence-electron chi connectivity index (χ4n) is 3.30. The third kappa shape index (κ3) is 3.22. The van der Waals surface area contributed by atoms with E-state index >= 15 is 0 Å². The fourth-order valence-corrected chi connectivity index (χ4v) is 3.30. The van der Waals surface area contributed by atoms with Crippen LogP contribution in [0.2, 0.25) is 0 Å². The molecule has 6 nitrogen and oxygen atoms in total. The summed E-state index contributed by atoms with van der Waals surface area (Å²) in [5.74, 6) is 0.123. The molecule has 0 aliphatic carbocycles. The zero-order valence-electron chi connectivity index (χ0n) is 13.3. The second-order valence-electron chi connectivity index (χ2n) is 6.37. The molecule has 0 N–H and O–H groups in total. The maximum atomic E-state index is 12.9. The Kier molecular flexibility index (Phi) is 4.12. The van der Waals surface area contributed by atoms with Gasteiger partial charge < -0.3 is 14.4 Å². The van der Waals surface area contributed by atoms with Crippen molar-refractivity contribution in [2.45, 2.75) is 31.2 Å². The maximum Gasteiger partial charge on any atom is 0.225 e. The highest BCUT2D eigenvalue weighted by Gasteiger charge is 2.48. The minimum atomic E-state index is -0.424. The van der Waals surface area contributed by atoms with Crippen molar-refractivity contribution >= 4 is 5.95 Å². The van der Waals surface area contributed by atoms with Crippen LogP contribution in [0.25, 0.3) is 0 Å². The van der Waals surface area contributed by atoms with Crippen LogP contribution in [0, 0.1) is 5.82 Å². The molecule has 4 heterocycles. The lowest BCUT2D eigenvalue weighted by Gasteiger charge is -2.52. The summed E-state index contributed by atoms with van der Waals surface area (Å²) in [4.78, 5) is 14.1. The predicted octanol–water partition coefficient (Wildman–Crippen LogP) is 1.97. The van der Waals surface area contributed by atoms with Crippen molar-refractivity contribution < 1.29 is 13.9 Å². The molecule has 2 aliphatic rings. The Morgan fingerprint density at radius 1 is 1.25 bits per heavy atom. The van der Waals surface area contributed by atoms with E-state index in [9.17, 15) is 4.39 Å². The van der Waals surface area contributed by atoms with Crippen molar-refractivity contribution in [3.05, 3.63) is 48.3 Å². The molecule has 2 fully saturated rings. The van der Waals surface area contributed by atoms with Crippen LogP contribution in [-0.4, -0.2) is 46.4 Å². The SMILES string of the molecule is Fc1cnc(N2CC3(C[C@@H](OCc4ccncc4)CCO3)C2)nc1. The van der Waals surface area contributed by atoms with Crippen LogP contribution in [0.15, 0.2) is 36.9 Å². The van der Waals surface area contributed by atoms with E-state index in [1.54, 1.807) is 12.4 Å². The lowest BCUT2D eigenvalue weighted by molar-refractivity contribution is -0.148. The highest BCUT2D eigenvalue weighted by Crippen LogP contribution is 2.36. The highest BCUT2D eigenvalue weighted by molar-refractivity contribution is 5.37. The summed E-state index contributed by atoms with van der Waals surface area (Å²) in [5, 5.41) is 0. The summed E-state index contributed by atoms with van der Waals surface area (Å²) in [6.45, 7) is 2.72. The number of pyridine rings is 1. The number of ether oxygens (including phenoxy) is 2. The van der Waals surface area contributed by atoms with E-state index in [4.69, 9.17) is 9.47 Å². The monoisotopic (exact) mass is 330 g/mol. The second-order valence-corrected chi connectivity index (χ2v) is 6.37. The average molecular weight is 330 g/mol.